The van der Waals surface area contributed by atoms with Crippen molar-refractivity contribution < 1.29 is 19.8 Å². The first-order valence-corrected chi connectivity index (χ1v) is 7.25. The standard InChI is InChI=1S/C13H23N3O4/c17-10-9-14-4-2-5-15(8-7-14)13(20)16-6-1-3-11(16)12(18)19/h11,17H,1-10H2,(H,18,19)/t11-/m1/s1. The van der Waals surface area contributed by atoms with E-state index in [4.69, 9.17) is 10.2 Å². The van der Waals surface area contributed by atoms with Gasteiger partial charge in [0.05, 0.1) is 6.61 Å². The van der Waals surface area contributed by atoms with Crippen LogP contribution in [0.1, 0.15) is 19.3 Å². The Balaban J connectivity index is 1.93. The minimum absolute atomic E-state index is 0.126. The summed E-state index contributed by atoms with van der Waals surface area (Å²) in [6, 6.07) is -0.819. The molecule has 0 unspecified atom stereocenters. The van der Waals surface area contributed by atoms with Crippen LogP contribution in [-0.4, -0.2) is 88.8 Å². The molecule has 0 aromatic rings. The van der Waals surface area contributed by atoms with Crippen molar-refractivity contribution in [2.75, 3.05) is 45.9 Å². The van der Waals surface area contributed by atoms with Crippen LogP contribution in [0.15, 0.2) is 0 Å². The summed E-state index contributed by atoms with van der Waals surface area (Å²) >= 11 is 0. The molecule has 2 rings (SSSR count). The zero-order chi connectivity index (χ0) is 14.5. The molecule has 2 saturated heterocycles. The summed E-state index contributed by atoms with van der Waals surface area (Å²) in [6.45, 7) is 4.15. The molecule has 114 valence electrons. The van der Waals surface area contributed by atoms with Crippen molar-refractivity contribution in [1.82, 2.24) is 14.7 Å². The normalized spacial score (nSPS) is 24.8. The Morgan fingerprint density at radius 3 is 2.55 bits per heavy atom. The number of urea groups is 1. The molecule has 0 bridgehead atoms. The van der Waals surface area contributed by atoms with Gasteiger partial charge in [0.1, 0.15) is 6.04 Å². The molecule has 2 aliphatic heterocycles. The van der Waals surface area contributed by atoms with Crippen LogP contribution in [0.3, 0.4) is 0 Å². The van der Waals surface area contributed by atoms with E-state index in [-0.39, 0.29) is 12.6 Å². The largest absolute Gasteiger partial charge is 0.480 e. The van der Waals surface area contributed by atoms with E-state index in [9.17, 15) is 9.59 Å². The van der Waals surface area contributed by atoms with Crippen molar-refractivity contribution in [2.24, 2.45) is 0 Å². The van der Waals surface area contributed by atoms with Crippen molar-refractivity contribution in [3.63, 3.8) is 0 Å². The van der Waals surface area contributed by atoms with Gasteiger partial charge >= 0.3 is 12.0 Å². The third-order valence-corrected chi connectivity index (χ3v) is 4.06. The summed E-state index contributed by atoms with van der Waals surface area (Å²) in [5, 5.41) is 18.1. The number of likely N-dealkylation sites (tertiary alicyclic amines) is 1. The van der Waals surface area contributed by atoms with E-state index in [1.165, 1.54) is 4.90 Å². The zero-order valence-corrected chi connectivity index (χ0v) is 11.7. The number of carboxylic acid groups (broad SMARTS) is 1. The predicted octanol–water partition coefficient (Wildman–Crippen LogP) is -0.345. The van der Waals surface area contributed by atoms with Crippen molar-refractivity contribution in [1.29, 1.82) is 0 Å². The number of aliphatic hydroxyl groups excluding tert-OH is 1. The number of aliphatic carboxylic acids is 1. The monoisotopic (exact) mass is 285 g/mol. The fraction of sp³-hybridized carbons (Fsp3) is 0.846. The maximum atomic E-state index is 12.5. The van der Waals surface area contributed by atoms with Crippen LogP contribution in [0.25, 0.3) is 0 Å². The lowest BCUT2D eigenvalue weighted by molar-refractivity contribution is -0.141. The molecule has 0 radical (unpaired) electrons. The number of β-amino-alcohol motifs (C(OH)–C–C–N with tert-alkyl or cyclic N) is 1. The number of hydrogen-bond donors (Lipinski definition) is 2. The quantitative estimate of drug-likeness (QED) is 0.741. The topological polar surface area (TPSA) is 84.3 Å². The number of amides is 2. The number of nitrogens with zero attached hydrogens (tertiary/aromatic N) is 3. The molecule has 0 aromatic heterocycles. The van der Waals surface area contributed by atoms with E-state index in [1.54, 1.807) is 4.90 Å². The summed E-state index contributed by atoms with van der Waals surface area (Å²) in [5.74, 6) is -0.910. The molecular formula is C13H23N3O4. The van der Waals surface area contributed by atoms with Gasteiger partial charge in [-0.2, -0.15) is 0 Å². The first kappa shape index (κ1) is 15.1. The Hall–Kier alpha value is -1.34. The Kier molecular flexibility index (Phi) is 5.19. The minimum Gasteiger partial charge on any atom is -0.480 e. The highest BCUT2D eigenvalue weighted by molar-refractivity contribution is 5.83. The molecular weight excluding hydrogens is 262 g/mol. The van der Waals surface area contributed by atoms with Crippen LogP contribution >= 0.6 is 0 Å². The molecule has 0 spiro atoms. The van der Waals surface area contributed by atoms with E-state index in [1.807, 2.05) is 0 Å². The number of rotatable bonds is 3. The fourth-order valence-corrected chi connectivity index (χ4v) is 2.96. The van der Waals surface area contributed by atoms with E-state index < -0.39 is 12.0 Å². The summed E-state index contributed by atoms with van der Waals surface area (Å²) in [7, 11) is 0. The molecule has 2 N–H and O–H groups in total. The van der Waals surface area contributed by atoms with Crippen molar-refractivity contribution in [3.05, 3.63) is 0 Å². The van der Waals surface area contributed by atoms with Crippen molar-refractivity contribution in [3.8, 4) is 0 Å². The van der Waals surface area contributed by atoms with E-state index in [0.717, 1.165) is 25.9 Å². The average Bonchev–Trinajstić information content (AvgIpc) is 2.80. The highest BCUT2D eigenvalue weighted by atomic mass is 16.4. The molecule has 0 aromatic carbocycles. The van der Waals surface area contributed by atoms with Crippen LogP contribution < -0.4 is 0 Å². The third kappa shape index (κ3) is 3.40. The van der Waals surface area contributed by atoms with Gasteiger partial charge in [-0.15, -0.1) is 0 Å². The Labute approximate surface area is 118 Å². The van der Waals surface area contributed by atoms with Gasteiger partial charge in [0.15, 0.2) is 0 Å². The van der Waals surface area contributed by atoms with Crippen LogP contribution in [0.2, 0.25) is 0 Å². The maximum Gasteiger partial charge on any atom is 0.326 e. The molecule has 2 heterocycles. The molecule has 2 aliphatic rings. The van der Waals surface area contributed by atoms with Gasteiger partial charge in [0, 0.05) is 32.7 Å². The van der Waals surface area contributed by atoms with Gasteiger partial charge in [-0.25, -0.2) is 9.59 Å². The van der Waals surface area contributed by atoms with Gasteiger partial charge in [0.2, 0.25) is 0 Å². The van der Waals surface area contributed by atoms with Crippen LogP contribution in [0.5, 0.6) is 0 Å². The van der Waals surface area contributed by atoms with Gasteiger partial charge in [0.25, 0.3) is 0 Å². The molecule has 20 heavy (non-hydrogen) atoms. The third-order valence-electron chi connectivity index (χ3n) is 4.06. The van der Waals surface area contributed by atoms with Gasteiger partial charge in [-0.05, 0) is 25.8 Å². The number of carbonyl (C=O) groups excluding carboxylic acids is 1. The summed E-state index contributed by atoms with van der Waals surface area (Å²) in [4.78, 5) is 29.0. The highest BCUT2D eigenvalue weighted by Crippen LogP contribution is 2.20. The highest BCUT2D eigenvalue weighted by Gasteiger charge is 2.36. The average molecular weight is 285 g/mol. The fourth-order valence-electron chi connectivity index (χ4n) is 2.96. The lowest BCUT2D eigenvalue weighted by atomic mass is 10.2. The number of carboxylic acids is 1. The van der Waals surface area contributed by atoms with Crippen LogP contribution in [0.4, 0.5) is 4.79 Å². The first-order valence-electron chi connectivity index (χ1n) is 7.25. The smallest absolute Gasteiger partial charge is 0.326 e. The summed E-state index contributed by atoms with van der Waals surface area (Å²) < 4.78 is 0. The molecule has 7 heteroatoms. The van der Waals surface area contributed by atoms with Gasteiger partial charge in [-0.1, -0.05) is 0 Å². The lowest BCUT2D eigenvalue weighted by Crippen LogP contribution is -2.49. The minimum atomic E-state index is -0.910. The SMILES string of the molecule is O=C(O)[C@H]1CCCN1C(=O)N1CCCN(CCO)CC1. The molecule has 7 nitrogen and oxygen atoms in total. The molecule has 0 aliphatic carbocycles. The van der Waals surface area contributed by atoms with E-state index in [0.29, 0.717) is 32.6 Å². The Morgan fingerprint density at radius 1 is 1.05 bits per heavy atom. The molecule has 0 saturated carbocycles. The van der Waals surface area contributed by atoms with E-state index >= 15 is 0 Å². The van der Waals surface area contributed by atoms with Gasteiger partial charge in [-0.3, -0.25) is 4.90 Å². The predicted molar refractivity (Wildman–Crippen MR) is 72.5 cm³/mol. The Morgan fingerprint density at radius 2 is 1.85 bits per heavy atom. The second-order valence-corrected chi connectivity index (χ2v) is 5.38. The Bertz CT molecular complexity index is 364. The number of carbonyl (C=O) groups is 2. The van der Waals surface area contributed by atoms with E-state index in [2.05, 4.69) is 4.90 Å². The zero-order valence-electron chi connectivity index (χ0n) is 11.7. The number of aliphatic hydroxyl groups is 1. The van der Waals surface area contributed by atoms with Crippen LogP contribution in [0, 0.1) is 0 Å². The van der Waals surface area contributed by atoms with Crippen LogP contribution in [-0.2, 0) is 4.79 Å². The summed E-state index contributed by atoms with van der Waals surface area (Å²) in [5.41, 5.74) is 0. The maximum absolute atomic E-state index is 12.5. The molecule has 1 atom stereocenters. The van der Waals surface area contributed by atoms with Crippen molar-refractivity contribution >= 4 is 12.0 Å². The number of hydrogen-bond acceptors (Lipinski definition) is 4. The molecule has 2 fully saturated rings. The second-order valence-electron chi connectivity index (χ2n) is 5.38. The van der Waals surface area contributed by atoms with Gasteiger partial charge < -0.3 is 20.0 Å². The van der Waals surface area contributed by atoms with Crippen molar-refractivity contribution in [2.45, 2.75) is 25.3 Å². The first-order chi connectivity index (χ1) is 9.63. The molecule has 2 amide bonds. The lowest BCUT2D eigenvalue weighted by Gasteiger charge is -2.29. The summed E-state index contributed by atoms with van der Waals surface area (Å²) in [6.07, 6.45) is 2.16. The second kappa shape index (κ2) is 6.90.